The molecule has 100 valence electrons. The summed E-state index contributed by atoms with van der Waals surface area (Å²) in [6, 6.07) is 4.77. The van der Waals surface area contributed by atoms with Crippen molar-refractivity contribution in [3.8, 4) is 0 Å². The Kier molecular flexibility index (Phi) is 4.37. The lowest BCUT2D eigenvalue weighted by atomic mass is 10.1. The number of aromatic nitrogens is 2. The summed E-state index contributed by atoms with van der Waals surface area (Å²) in [7, 11) is 0. The van der Waals surface area contributed by atoms with Crippen LogP contribution in [0.4, 0.5) is 4.39 Å². The van der Waals surface area contributed by atoms with Crippen molar-refractivity contribution < 1.29 is 4.39 Å². The van der Waals surface area contributed by atoms with Gasteiger partial charge in [0.1, 0.15) is 16.1 Å². The van der Waals surface area contributed by atoms with Gasteiger partial charge in [-0.15, -0.1) is 0 Å². The van der Waals surface area contributed by atoms with E-state index in [0.29, 0.717) is 28.0 Å². The van der Waals surface area contributed by atoms with Gasteiger partial charge in [-0.25, -0.2) is 9.37 Å². The molecule has 0 saturated carbocycles. The lowest BCUT2D eigenvalue weighted by Crippen LogP contribution is -2.16. The molecule has 0 unspecified atom stereocenters. The first kappa shape index (κ1) is 14.2. The summed E-state index contributed by atoms with van der Waals surface area (Å²) in [5.41, 5.74) is 0.797. The summed E-state index contributed by atoms with van der Waals surface area (Å²) in [6.07, 6.45) is 0.817. The van der Waals surface area contributed by atoms with Crippen LogP contribution in [0.2, 0.25) is 5.02 Å². The normalized spacial score (nSPS) is 10.7. The van der Waals surface area contributed by atoms with Gasteiger partial charge in [-0.1, -0.05) is 30.7 Å². The van der Waals surface area contributed by atoms with E-state index >= 15 is 0 Å². The molecule has 19 heavy (non-hydrogen) atoms. The minimum absolute atomic E-state index is 0.0627. The highest BCUT2D eigenvalue weighted by Crippen LogP contribution is 2.20. The van der Waals surface area contributed by atoms with Gasteiger partial charge in [0, 0.05) is 6.42 Å². The number of rotatable bonds is 3. The van der Waals surface area contributed by atoms with Gasteiger partial charge in [-0.05, 0) is 34.0 Å². The predicted molar refractivity (Wildman–Crippen MR) is 76.2 cm³/mol. The topological polar surface area (TPSA) is 45.8 Å². The number of aromatic amines is 1. The number of hydrogen-bond donors (Lipinski definition) is 1. The lowest BCUT2D eigenvalue weighted by Gasteiger charge is -2.06. The molecule has 2 aromatic rings. The van der Waals surface area contributed by atoms with E-state index in [9.17, 15) is 9.18 Å². The zero-order chi connectivity index (χ0) is 14.0. The molecule has 0 bridgehead atoms. The summed E-state index contributed by atoms with van der Waals surface area (Å²) in [5, 5.41) is 0.0627. The summed E-state index contributed by atoms with van der Waals surface area (Å²) in [6.45, 7) is 1.90. The molecule has 0 amide bonds. The quantitative estimate of drug-likeness (QED) is 0.926. The van der Waals surface area contributed by atoms with Crippen LogP contribution in [-0.4, -0.2) is 9.97 Å². The lowest BCUT2D eigenvalue weighted by molar-refractivity contribution is 0.612. The summed E-state index contributed by atoms with van der Waals surface area (Å²) in [5.74, 6) is -0.0565. The Labute approximate surface area is 123 Å². The van der Waals surface area contributed by atoms with Crippen LogP contribution in [0.1, 0.15) is 24.0 Å². The second kappa shape index (κ2) is 5.84. The molecule has 0 aliphatic carbocycles. The summed E-state index contributed by atoms with van der Waals surface area (Å²) < 4.78 is 14.2. The van der Waals surface area contributed by atoms with Crippen molar-refractivity contribution in [3.63, 3.8) is 0 Å². The number of nitrogens with zero attached hydrogens (tertiary/aromatic N) is 1. The Morgan fingerprint density at radius 3 is 2.89 bits per heavy atom. The highest BCUT2D eigenvalue weighted by Gasteiger charge is 2.11. The smallest absolute Gasteiger partial charge is 0.265 e. The Morgan fingerprint density at radius 2 is 2.21 bits per heavy atom. The van der Waals surface area contributed by atoms with Gasteiger partial charge in [0.25, 0.3) is 5.56 Å². The first-order valence-electron chi connectivity index (χ1n) is 5.73. The highest BCUT2D eigenvalue weighted by atomic mass is 79.9. The van der Waals surface area contributed by atoms with E-state index < -0.39 is 5.82 Å². The van der Waals surface area contributed by atoms with Crippen LogP contribution in [0.25, 0.3) is 0 Å². The van der Waals surface area contributed by atoms with Gasteiger partial charge in [0.05, 0.1) is 10.7 Å². The second-order valence-electron chi connectivity index (χ2n) is 4.02. The predicted octanol–water partition coefficient (Wildman–Crippen LogP) is 3.48. The molecule has 0 saturated heterocycles. The third-order valence-electron chi connectivity index (χ3n) is 2.70. The van der Waals surface area contributed by atoms with Gasteiger partial charge in [0.15, 0.2) is 0 Å². The number of H-pyrrole nitrogens is 1. The molecule has 3 nitrogen and oxygen atoms in total. The van der Waals surface area contributed by atoms with Crippen LogP contribution in [0.3, 0.4) is 0 Å². The third kappa shape index (κ3) is 3.04. The van der Waals surface area contributed by atoms with Crippen molar-refractivity contribution in [2.75, 3.05) is 0 Å². The fourth-order valence-electron chi connectivity index (χ4n) is 1.74. The molecule has 0 aliphatic heterocycles. The van der Waals surface area contributed by atoms with Gasteiger partial charge < -0.3 is 4.98 Å². The first-order chi connectivity index (χ1) is 9.02. The second-order valence-corrected chi connectivity index (χ2v) is 5.22. The minimum Gasteiger partial charge on any atom is -0.309 e. The molecule has 2 rings (SSSR count). The average Bonchev–Trinajstić information content (AvgIpc) is 2.39. The first-order valence-corrected chi connectivity index (χ1v) is 6.90. The molecule has 1 N–H and O–H groups in total. The van der Waals surface area contributed by atoms with Gasteiger partial charge in [-0.2, -0.15) is 0 Å². The number of nitrogens with one attached hydrogen (secondary N) is 1. The van der Waals surface area contributed by atoms with Gasteiger partial charge >= 0.3 is 0 Å². The number of benzene rings is 1. The monoisotopic (exact) mass is 344 g/mol. The minimum atomic E-state index is -0.479. The van der Waals surface area contributed by atoms with E-state index in [2.05, 4.69) is 25.9 Å². The maximum absolute atomic E-state index is 13.8. The standard InChI is InChI=1S/C13H11BrClFN2O/c1-2-9-11(14)13(19)18-10(17-9)6-7-4-3-5-8(15)12(7)16/h3-5H,2,6H2,1H3,(H,17,18,19). The molecule has 0 fully saturated rings. The van der Waals surface area contributed by atoms with Crippen LogP contribution < -0.4 is 5.56 Å². The molecule has 0 aliphatic rings. The molecule has 1 aromatic heterocycles. The number of halogens is 3. The molecule has 1 heterocycles. The van der Waals surface area contributed by atoms with Crippen LogP contribution >= 0.6 is 27.5 Å². The van der Waals surface area contributed by atoms with Gasteiger partial charge in [0.2, 0.25) is 0 Å². The van der Waals surface area contributed by atoms with E-state index in [-0.39, 0.29) is 17.0 Å². The Hall–Kier alpha value is -1.20. The summed E-state index contributed by atoms with van der Waals surface area (Å²) >= 11 is 8.90. The van der Waals surface area contributed by atoms with Gasteiger partial charge in [-0.3, -0.25) is 4.79 Å². The van der Waals surface area contributed by atoms with E-state index in [1.54, 1.807) is 12.1 Å². The Balaban J connectivity index is 2.41. The molecule has 0 atom stereocenters. The fourth-order valence-corrected chi connectivity index (χ4v) is 2.40. The Bertz CT molecular complexity index is 672. The largest absolute Gasteiger partial charge is 0.309 e. The maximum atomic E-state index is 13.8. The van der Waals surface area contributed by atoms with Crippen molar-refractivity contribution in [2.24, 2.45) is 0 Å². The van der Waals surface area contributed by atoms with Crippen LogP contribution in [-0.2, 0) is 12.8 Å². The third-order valence-corrected chi connectivity index (χ3v) is 3.81. The molecule has 1 aromatic carbocycles. The number of hydrogen-bond acceptors (Lipinski definition) is 2. The fraction of sp³-hybridized carbons (Fsp3) is 0.231. The molecule has 0 radical (unpaired) electrons. The average molecular weight is 346 g/mol. The molecule has 0 spiro atoms. The summed E-state index contributed by atoms with van der Waals surface area (Å²) in [4.78, 5) is 18.6. The van der Waals surface area contributed by atoms with Crippen LogP contribution in [0.5, 0.6) is 0 Å². The zero-order valence-electron chi connectivity index (χ0n) is 10.1. The maximum Gasteiger partial charge on any atom is 0.265 e. The van der Waals surface area contributed by atoms with Crippen molar-refractivity contribution in [1.82, 2.24) is 9.97 Å². The van der Waals surface area contributed by atoms with Crippen molar-refractivity contribution in [1.29, 1.82) is 0 Å². The van der Waals surface area contributed by atoms with Crippen LogP contribution in [0.15, 0.2) is 27.5 Å². The molecule has 6 heteroatoms. The van der Waals surface area contributed by atoms with Crippen molar-refractivity contribution in [2.45, 2.75) is 19.8 Å². The number of aryl methyl sites for hydroxylation is 1. The van der Waals surface area contributed by atoms with E-state index in [0.717, 1.165) is 0 Å². The Morgan fingerprint density at radius 1 is 1.47 bits per heavy atom. The van der Waals surface area contributed by atoms with Crippen LogP contribution in [0, 0.1) is 5.82 Å². The van der Waals surface area contributed by atoms with Crippen molar-refractivity contribution in [3.05, 3.63) is 60.9 Å². The SMILES string of the molecule is CCc1nc(Cc2cccc(Cl)c2F)[nH]c(=O)c1Br. The van der Waals surface area contributed by atoms with E-state index in [4.69, 9.17) is 11.6 Å². The van der Waals surface area contributed by atoms with E-state index in [1.165, 1.54) is 6.07 Å². The van der Waals surface area contributed by atoms with E-state index in [1.807, 2.05) is 6.92 Å². The highest BCUT2D eigenvalue weighted by molar-refractivity contribution is 9.10. The molecular weight excluding hydrogens is 335 g/mol. The zero-order valence-corrected chi connectivity index (χ0v) is 12.5. The van der Waals surface area contributed by atoms with Crippen molar-refractivity contribution >= 4 is 27.5 Å². The molecular formula is C13H11BrClFN2O.